The van der Waals surface area contributed by atoms with Crippen molar-refractivity contribution in [2.75, 3.05) is 5.75 Å². The van der Waals surface area contributed by atoms with Crippen LogP contribution in [0, 0.1) is 11.3 Å². The monoisotopic (exact) mass is 429 g/mol. The first-order valence-electron chi connectivity index (χ1n) is 11.5. The Morgan fingerprint density at radius 2 is 1.87 bits per heavy atom. The zero-order chi connectivity index (χ0) is 21.2. The Bertz CT molecular complexity index is 1190. The predicted molar refractivity (Wildman–Crippen MR) is 125 cm³/mol. The molecule has 31 heavy (non-hydrogen) atoms. The molecule has 0 aliphatic heterocycles. The molecule has 4 nitrogen and oxygen atoms in total. The van der Waals surface area contributed by atoms with Gasteiger partial charge in [0.05, 0.1) is 11.1 Å². The number of aryl methyl sites for hydroxylation is 3. The Labute approximate surface area is 187 Å². The van der Waals surface area contributed by atoms with Gasteiger partial charge in [-0.05, 0) is 74.6 Å². The Morgan fingerprint density at radius 1 is 1.06 bits per heavy atom. The quantitative estimate of drug-likeness (QED) is 0.384. The molecule has 0 saturated carbocycles. The number of hydrogen-bond donors (Lipinski definition) is 0. The Morgan fingerprint density at radius 3 is 2.77 bits per heavy atom. The number of nitrogens with zero attached hydrogens (tertiary/aromatic N) is 3. The number of nitriles is 1. The maximum absolute atomic E-state index is 13.3. The van der Waals surface area contributed by atoms with Gasteiger partial charge < -0.3 is 0 Å². The van der Waals surface area contributed by atoms with Crippen LogP contribution in [0.25, 0.3) is 10.9 Å². The van der Waals surface area contributed by atoms with Crippen LogP contribution in [0.2, 0.25) is 0 Å². The zero-order valence-electron chi connectivity index (χ0n) is 17.8. The van der Waals surface area contributed by atoms with Crippen molar-refractivity contribution in [2.24, 2.45) is 0 Å². The Balaban J connectivity index is 1.36. The lowest BCUT2D eigenvalue weighted by Gasteiger charge is -2.15. The summed E-state index contributed by atoms with van der Waals surface area (Å²) < 4.78 is 1.97. The number of rotatable bonds is 4. The smallest absolute Gasteiger partial charge is 0.232 e. The van der Waals surface area contributed by atoms with E-state index in [0.717, 1.165) is 48.3 Å². The van der Waals surface area contributed by atoms with Gasteiger partial charge in [0.15, 0.2) is 0 Å². The van der Waals surface area contributed by atoms with Crippen molar-refractivity contribution in [3.05, 3.63) is 58.4 Å². The molecule has 0 saturated heterocycles. The standard InChI is InChI=1S/C26H27N3OS/c27-17-19-16-18-8-2-1-3-11-22(18)28-26(19)31-15-14-25(30)29-23-12-6-4-9-20(23)21-10-5-7-13-24(21)29/h4,6,9,12,16H,1-3,5,7-8,10-11,13-15H2. The molecule has 158 valence electrons. The number of pyridine rings is 1. The molecule has 0 unspecified atom stereocenters. The second-order valence-corrected chi connectivity index (χ2v) is 9.68. The molecule has 0 spiro atoms. The largest absolute Gasteiger partial charge is 0.284 e. The van der Waals surface area contributed by atoms with Gasteiger partial charge in [0, 0.05) is 28.9 Å². The molecule has 3 aromatic rings. The van der Waals surface area contributed by atoms with E-state index in [4.69, 9.17) is 4.98 Å². The fourth-order valence-corrected chi connectivity index (χ4v) is 6.01. The van der Waals surface area contributed by atoms with Crippen molar-refractivity contribution in [1.82, 2.24) is 9.55 Å². The molecule has 0 radical (unpaired) electrons. The minimum absolute atomic E-state index is 0.153. The molecule has 0 fully saturated rings. The first-order chi connectivity index (χ1) is 15.3. The van der Waals surface area contributed by atoms with E-state index in [2.05, 4.69) is 24.3 Å². The van der Waals surface area contributed by atoms with Crippen molar-refractivity contribution >= 4 is 28.6 Å². The third-order valence-corrected chi connectivity index (χ3v) is 7.61. The highest BCUT2D eigenvalue weighted by Gasteiger charge is 2.23. The molecule has 0 atom stereocenters. The van der Waals surface area contributed by atoms with Gasteiger partial charge in [-0.3, -0.25) is 9.36 Å². The fraction of sp³-hybridized carbons (Fsp3) is 0.423. The van der Waals surface area contributed by atoms with E-state index in [-0.39, 0.29) is 5.91 Å². The van der Waals surface area contributed by atoms with E-state index in [1.54, 1.807) is 11.8 Å². The molecule has 5 heteroatoms. The summed E-state index contributed by atoms with van der Waals surface area (Å²) in [5.41, 5.74) is 6.66. The normalized spacial score (nSPS) is 15.7. The fourth-order valence-electron chi connectivity index (χ4n) is 5.11. The Hall–Kier alpha value is -2.58. The molecule has 0 N–H and O–H groups in total. The van der Waals surface area contributed by atoms with Gasteiger partial charge in [0.1, 0.15) is 11.1 Å². The minimum atomic E-state index is 0.153. The third kappa shape index (κ3) is 3.90. The maximum atomic E-state index is 13.3. The highest BCUT2D eigenvalue weighted by Crippen LogP contribution is 2.33. The summed E-state index contributed by atoms with van der Waals surface area (Å²) in [5, 5.41) is 11.6. The molecule has 2 aliphatic rings. The third-order valence-electron chi connectivity index (χ3n) is 6.62. The zero-order valence-corrected chi connectivity index (χ0v) is 18.6. The van der Waals surface area contributed by atoms with Crippen LogP contribution < -0.4 is 0 Å². The van der Waals surface area contributed by atoms with Crippen LogP contribution in [0.5, 0.6) is 0 Å². The lowest BCUT2D eigenvalue weighted by Crippen LogP contribution is -2.16. The minimum Gasteiger partial charge on any atom is -0.284 e. The maximum Gasteiger partial charge on any atom is 0.232 e. The SMILES string of the molecule is N#Cc1cc2c(nc1SCCC(=O)n1c3c(c4ccccc41)CCCC3)CCCCC2. The van der Waals surface area contributed by atoms with Gasteiger partial charge in [0.2, 0.25) is 5.91 Å². The number of carbonyl (C=O) groups is 1. The van der Waals surface area contributed by atoms with Crippen LogP contribution in [0.4, 0.5) is 0 Å². The lowest BCUT2D eigenvalue weighted by molar-refractivity contribution is 0.0912. The molecule has 0 bridgehead atoms. The molecule has 2 aliphatic carbocycles. The summed E-state index contributed by atoms with van der Waals surface area (Å²) in [5.74, 6) is 0.792. The predicted octanol–water partition coefficient (Wildman–Crippen LogP) is 5.88. The number of hydrogen-bond acceptors (Lipinski definition) is 4. The molecule has 0 amide bonds. The van der Waals surface area contributed by atoms with Gasteiger partial charge in [-0.1, -0.05) is 24.6 Å². The van der Waals surface area contributed by atoms with E-state index in [1.165, 1.54) is 47.9 Å². The van der Waals surface area contributed by atoms with Crippen LogP contribution >= 0.6 is 11.8 Å². The summed E-state index contributed by atoms with van der Waals surface area (Å²) in [4.78, 5) is 18.1. The summed E-state index contributed by atoms with van der Waals surface area (Å²) in [6.45, 7) is 0. The number of fused-ring (bicyclic) bond motifs is 4. The van der Waals surface area contributed by atoms with Crippen molar-refractivity contribution in [2.45, 2.75) is 69.2 Å². The van der Waals surface area contributed by atoms with E-state index in [9.17, 15) is 10.1 Å². The van der Waals surface area contributed by atoms with Gasteiger partial charge in [-0.2, -0.15) is 5.26 Å². The van der Waals surface area contributed by atoms with E-state index >= 15 is 0 Å². The van der Waals surface area contributed by atoms with Crippen LogP contribution in [0.15, 0.2) is 35.4 Å². The highest BCUT2D eigenvalue weighted by molar-refractivity contribution is 7.99. The highest BCUT2D eigenvalue weighted by atomic mass is 32.2. The first-order valence-corrected chi connectivity index (χ1v) is 12.4. The number of thioether (sulfide) groups is 1. The summed E-state index contributed by atoms with van der Waals surface area (Å²) in [7, 11) is 0. The van der Waals surface area contributed by atoms with Crippen LogP contribution in [0.3, 0.4) is 0 Å². The second-order valence-electron chi connectivity index (χ2n) is 8.60. The topological polar surface area (TPSA) is 58.7 Å². The second kappa shape index (κ2) is 8.88. The number of aromatic nitrogens is 2. The van der Waals surface area contributed by atoms with Crippen molar-refractivity contribution in [1.29, 1.82) is 5.26 Å². The van der Waals surface area contributed by atoms with Crippen LogP contribution in [-0.4, -0.2) is 21.2 Å². The molecule has 1 aromatic carbocycles. The van der Waals surface area contributed by atoms with Gasteiger partial charge in [-0.25, -0.2) is 4.98 Å². The molecular weight excluding hydrogens is 402 g/mol. The number of benzene rings is 1. The summed E-state index contributed by atoms with van der Waals surface area (Å²) in [6, 6.07) is 12.7. The van der Waals surface area contributed by atoms with Gasteiger partial charge in [0.25, 0.3) is 0 Å². The molecule has 2 aromatic heterocycles. The first kappa shape index (κ1) is 20.3. The molecule has 5 rings (SSSR count). The van der Waals surface area contributed by atoms with Gasteiger partial charge in [-0.15, -0.1) is 11.8 Å². The van der Waals surface area contributed by atoms with E-state index in [0.29, 0.717) is 17.7 Å². The summed E-state index contributed by atoms with van der Waals surface area (Å²) >= 11 is 1.55. The van der Waals surface area contributed by atoms with Crippen LogP contribution in [-0.2, 0) is 25.7 Å². The average molecular weight is 430 g/mol. The molecular formula is C26H27N3OS. The van der Waals surface area contributed by atoms with E-state index in [1.807, 2.05) is 16.7 Å². The Kier molecular flexibility index (Phi) is 5.82. The van der Waals surface area contributed by atoms with Crippen molar-refractivity contribution in [3.63, 3.8) is 0 Å². The number of carbonyl (C=O) groups excluding carboxylic acids is 1. The van der Waals surface area contributed by atoms with Gasteiger partial charge >= 0.3 is 0 Å². The van der Waals surface area contributed by atoms with E-state index < -0.39 is 0 Å². The summed E-state index contributed by atoms with van der Waals surface area (Å²) in [6.07, 6.45) is 10.4. The van der Waals surface area contributed by atoms with Crippen molar-refractivity contribution in [3.8, 4) is 6.07 Å². The molecule has 2 heterocycles. The van der Waals surface area contributed by atoms with Crippen molar-refractivity contribution < 1.29 is 4.79 Å². The van der Waals surface area contributed by atoms with Crippen LogP contribution in [0.1, 0.15) is 71.4 Å². The average Bonchev–Trinajstić information content (AvgIpc) is 2.96. The lowest BCUT2D eigenvalue weighted by atomic mass is 9.95. The number of para-hydroxylation sites is 1.